The lowest BCUT2D eigenvalue weighted by molar-refractivity contribution is 0.620. The van der Waals surface area contributed by atoms with Crippen LogP contribution in [0, 0.1) is 12.7 Å². The molecule has 1 aromatic heterocycles. The van der Waals surface area contributed by atoms with Crippen LogP contribution in [-0.4, -0.2) is 9.55 Å². The van der Waals surface area contributed by atoms with Crippen LogP contribution < -0.4 is 5.32 Å². The molecule has 0 bridgehead atoms. The molecule has 1 N–H and O–H groups in total. The standard InChI is InChI=1S/C12H14FN3/c1-9-4-3-5-11(12(9)13)15-7-10-6-14-8-16(10)2/h3-6,8,15H,7H2,1-2H3. The molecule has 84 valence electrons. The number of nitrogens with one attached hydrogen (secondary N) is 1. The second-order valence-electron chi connectivity index (χ2n) is 3.79. The molecule has 0 aliphatic heterocycles. The normalized spacial score (nSPS) is 10.4. The molecule has 0 radical (unpaired) electrons. The fraction of sp³-hybridized carbons (Fsp3) is 0.250. The monoisotopic (exact) mass is 219 g/mol. The third-order valence-corrected chi connectivity index (χ3v) is 2.57. The SMILES string of the molecule is Cc1cccc(NCc2cncn2C)c1F. The van der Waals surface area contributed by atoms with Crippen molar-refractivity contribution in [1.29, 1.82) is 0 Å². The van der Waals surface area contributed by atoms with Gasteiger partial charge in [0.2, 0.25) is 0 Å². The molecule has 3 nitrogen and oxygen atoms in total. The van der Waals surface area contributed by atoms with Gasteiger partial charge in [-0.25, -0.2) is 9.37 Å². The van der Waals surface area contributed by atoms with Crippen molar-refractivity contribution in [2.75, 3.05) is 5.32 Å². The smallest absolute Gasteiger partial charge is 0.149 e. The number of anilines is 1. The summed E-state index contributed by atoms with van der Waals surface area (Å²) in [5, 5.41) is 3.06. The topological polar surface area (TPSA) is 29.9 Å². The molecule has 0 saturated carbocycles. The first-order chi connectivity index (χ1) is 7.68. The highest BCUT2D eigenvalue weighted by Crippen LogP contribution is 2.17. The Bertz CT molecular complexity index is 491. The van der Waals surface area contributed by atoms with Gasteiger partial charge in [0.05, 0.1) is 24.3 Å². The number of aryl methyl sites for hydroxylation is 2. The molecule has 0 fully saturated rings. The Morgan fingerprint density at radius 2 is 2.25 bits per heavy atom. The van der Waals surface area contributed by atoms with Gasteiger partial charge in [-0.2, -0.15) is 0 Å². The second kappa shape index (κ2) is 4.35. The van der Waals surface area contributed by atoms with Crippen molar-refractivity contribution in [3.05, 3.63) is 47.8 Å². The van der Waals surface area contributed by atoms with Crippen molar-refractivity contribution >= 4 is 5.69 Å². The van der Waals surface area contributed by atoms with Gasteiger partial charge in [-0.05, 0) is 18.6 Å². The van der Waals surface area contributed by atoms with E-state index in [-0.39, 0.29) is 5.82 Å². The molecular formula is C12H14FN3. The molecule has 0 atom stereocenters. The quantitative estimate of drug-likeness (QED) is 0.859. The van der Waals surface area contributed by atoms with Crippen LogP contribution in [0.4, 0.5) is 10.1 Å². The Kier molecular flexibility index (Phi) is 2.90. The Balaban J connectivity index is 2.11. The highest BCUT2D eigenvalue weighted by atomic mass is 19.1. The summed E-state index contributed by atoms with van der Waals surface area (Å²) in [6, 6.07) is 5.33. The lowest BCUT2D eigenvalue weighted by Crippen LogP contribution is -2.05. The van der Waals surface area contributed by atoms with E-state index in [1.807, 2.05) is 17.7 Å². The van der Waals surface area contributed by atoms with E-state index < -0.39 is 0 Å². The van der Waals surface area contributed by atoms with Crippen LogP contribution in [0.3, 0.4) is 0 Å². The lowest BCUT2D eigenvalue weighted by atomic mass is 10.2. The maximum absolute atomic E-state index is 13.6. The maximum atomic E-state index is 13.6. The number of hydrogen-bond acceptors (Lipinski definition) is 2. The number of benzene rings is 1. The zero-order valence-corrected chi connectivity index (χ0v) is 9.37. The molecule has 0 saturated heterocycles. The molecule has 2 aromatic rings. The predicted molar refractivity (Wildman–Crippen MR) is 61.7 cm³/mol. The Morgan fingerprint density at radius 3 is 2.94 bits per heavy atom. The number of imidazole rings is 1. The summed E-state index contributed by atoms with van der Waals surface area (Å²) in [6.07, 6.45) is 3.49. The summed E-state index contributed by atoms with van der Waals surface area (Å²) < 4.78 is 15.5. The minimum atomic E-state index is -0.190. The first kappa shape index (κ1) is 10.7. The summed E-state index contributed by atoms with van der Waals surface area (Å²) in [6.45, 7) is 2.32. The van der Waals surface area contributed by atoms with Crippen molar-refractivity contribution in [1.82, 2.24) is 9.55 Å². The van der Waals surface area contributed by atoms with E-state index in [1.165, 1.54) is 0 Å². The predicted octanol–water partition coefficient (Wildman–Crippen LogP) is 2.48. The van der Waals surface area contributed by atoms with Gasteiger partial charge in [0, 0.05) is 13.2 Å². The molecule has 1 heterocycles. The van der Waals surface area contributed by atoms with Gasteiger partial charge in [-0.15, -0.1) is 0 Å². The van der Waals surface area contributed by atoms with Gasteiger partial charge in [0.1, 0.15) is 5.82 Å². The lowest BCUT2D eigenvalue weighted by Gasteiger charge is -2.09. The van der Waals surface area contributed by atoms with E-state index in [0.29, 0.717) is 17.8 Å². The number of rotatable bonds is 3. The molecule has 0 spiro atoms. The molecule has 0 amide bonds. The third kappa shape index (κ3) is 2.05. The summed E-state index contributed by atoms with van der Waals surface area (Å²) in [5.41, 5.74) is 2.19. The molecular weight excluding hydrogens is 205 g/mol. The zero-order valence-electron chi connectivity index (χ0n) is 9.37. The van der Waals surface area contributed by atoms with Gasteiger partial charge < -0.3 is 9.88 Å². The van der Waals surface area contributed by atoms with Crippen molar-refractivity contribution in [3.8, 4) is 0 Å². The van der Waals surface area contributed by atoms with Crippen LogP contribution in [0.1, 0.15) is 11.3 Å². The molecule has 1 aromatic carbocycles. The average Bonchev–Trinajstić information content (AvgIpc) is 2.67. The number of nitrogens with zero attached hydrogens (tertiary/aromatic N) is 2. The average molecular weight is 219 g/mol. The summed E-state index contributed by atoms with van der Waals surface area (Å²) in [7, 11) is 1.91. The first-order valence-corrected chi connectivity index (χ1v) is 5.12. The van der Waals surface area contributed by atoms with E-state index in [4.69, 9.17) is 0 Å². The Hall–Kier alpha value is -1.84. The largest absolute Gasteiger partial charge is 0.377 e. The van der Waals surface area contributed by atoms with E-state index in [1.54, 1.807) is 31.6 Å². The van der Waals surface area contributed by atoms with Crippen molar-refractivity contribution in [2.45, 2.75) is 13.5 Å². The third-order valence-electron chi connectivity index (χ3n) is 2.57. The highest BCUT2D eigenvalue weighted by Gasteiger charge is 2.04. The molecule has 0 unspecified atom stereocenters. The van der Waals surface area contributed by atoms with Gasteiger partial charge >= 0.3 is 0 Å². The van der Waals surface area contributed by atoms with E-state index in [0.717, 1.165) is 5.69 Å². The summed E-state index contributed by atoms with van der Waals surface area (Å²) in [5.74, 6) is -0.190. The number of hydrogen-bond donors (Lipinski definition) is 1. The van der Waals surface area contributed by atoms with Crippen LogP contribution in [0.5, 0.6) is 0 Å². The fourth-order valence-corrected chi connectivity index (χ4v) is 1.52. The van der Waals surface area contributed by atoms with Gasteiger partial charge in [0.25, 0.3) is 0 Å². The van der Waals surface area contributed by atoms with Crippen molar-refractivity contribution in [2.24, 2.45) is 7.05 Å². The molecule has 2 rings (SSSR count). The van der Waals surface area contributed by atoms with Gasteiger partial charge in [-0.1, -0.05) is 12.1 Å². The maximum Gasteiger partial charge on any atom is 0.149 e. The molecule has 4 heteroatoms. The minimum absolute atomic E-state index is 0.190. The van der Waals surface area contributed by atoms with Gasteiger partial charge in [-0.3, -0.25) is 0 Å². The summed E-state index contributed by atoms with van der Waals surface area (Å²) in [4.78, 5) is 4.00. The van der Waals surface area contributed by atoms with Crippen LogP contribution in [0.2, 0.25) is 0 Å². The zero-order chi connectivity index (χ0) is 11.5. The van der Waals surface area contributed by atoms with Crippen LogP contribution >= 0.6 is 0 Å². The summed E-state index contributed by atoms with van der Waals surface area (Å²) >= 11 is 0. The van der Waals surface area contributed by atoms with Crippen molar-refractivity contribution < 1.29 is 4.39 Å². The Labute approximate surface area is 93.9 Å². The second-order valence-corrected chi connectivity index (χ2v) is 3.79. The first-order valence-electron chi connectivity index (χ1n) is 5.12. The molecule has 0 aliphatic carbocycles. The van der Waals surface area contributed by atoms with Crippen molar-refractivity contribution in [3.63, 3.8) is 0 Å². The van der Waals surface area contributed by atoms with E-state index >= 15 is 0 Å². The van der Waals surface area contributed by atoms with Crippen LogP contribution in [-0.2, 0) is 13.6 Å². The van der Waals surface area contributed by atoms with E-state index in [2.05, 4.69) is 10.3 Å². The number of aromatic nitrogens is 2. The van der Waals surface area contributed by atoms with Gasteiger partial charge in [0.15, 0.2) is 0 Å². The van der Waals surface area contributed by atoms with Crippen LogP contribution in [0.15, 0.2) is 30.7 Å². The van der Waals surface area contributed by atoms with E-state index in [9.17, 15) is 4.39 Å². The minimum Gasteiger partial charge on any atom is -0.377 e. The molecule has 16 heavy (non-hydrogen) atoms. The highest BCUT2D eigenvalue weighted by molar-refractivity contribution is 5.47. The Morgan fingerprint density at radius 1 is 1.44 bits per heavy atom. The fourth-order valence-electron chi connectivity index (χ4n) is 1.52. The number of halogens is 1. The van der Waals surface area contributed by atoms with Crippen LogP contribution in [0.25, 0.3) is 0 Å². The molecule has 0 aliphatic rings.